The average Bonchev–Trinajstić information content (AvgIpc) is 2.65. The van der Waals surface area contributed by atoms with Crippen LogP contribution in [0.3, 0.4) is 0 Å². The quantitative estimate of drug-likeness (QED) is 0.392. The molecule has 0 saturated carbocycles. The van der Waals surface area contributed by atoms with Crippen molar-refractivity contribution in [3.8, 4) is 0 Å². The zero-order valence-corrected chi connectivity index (χ0v) is 17.4. The summed E-state index contributed by atoms with van der Waals surface area (Å²) in [6.45, 7) is 9.08. The first-order chi connectivity index (χ1) is 12.6. The lowest BCUT2D eigenvalue weighted by molar-refractivity contribution is 0.143. The molecule has 146 valence electrons. The molecule has 26 heavy (non-hydrogen) atoms. The maximum Gasteiger partial charge on any atom is 0.193 e. The van der Waals surface area contributed by atoms with Crippen molar-refractivity contribution in [3.05, 3.63) is 34.1 Å². The number of aliphatic imine (C=N–C) groups is 1. The highest BCUT2D eigenvalue weighted by atomic mass is 79.9. The lowest BCUT2D eigenvalue weighted by Gasteiger charge is -2.36. The zero-order chi connectivity index (χ0) is 18.8. The number of rotatable bonds is 8. The third-order valence-electron chi connectivity index (χ3n) is 4.48. The van der Waals surface area contributed by atoms with E-state index in [1.807, 2.05) is 20.0 Å². The average molecular weight is 429 g/mol. The summed E-state index contributed by atoms with van der Waals surface area (Å²) >= 11 is 3.20. The van der Waals surface area contributed by atoms with E-state index in [1.54, 1.807) is 12.1 Å². The van der Waals surface area contributed by atoms with Crippen molar-refractivity contribution in [2.75, 3.05) is 53.0 Å². The molecule has 1 N–H and O–H groups in total. The van der Waals surface area contributed by atoms with Gasteiger partial charge in [0, 0.05) is 59.5 Å². The van der Waals surface area contributed by atoms with E-state index < -0.39 is 0 Å². The van der Waals surface area contributed by atoms with Crippen LogP contribution in [-0.2, 0) is 11.3 Å². The SMILES string of the molecule is CCOCCCCNC(=NC)N1CCN(Cc2ccc(Br)c(F)c2)CC1. The van der Waals surface area contributed by atoms with Crippen molar-refractivity contribution in [3.63, 3.8) is 0 Å². The van der Waals surface area contributed by atoms with Crippen LogP contribution in [0.2, 0.25) is 0 Å². The number of halogens is 2. The summed E-state index contributed by atoms with van der Waals surface area (Å²) in [7, 11) is 1.83. The van der Waals surface area contributed by atoms with E-state index >= 15 is 0 Å². The van der Waals surface area contributed by atoms with Gasteiger partial charge in [0.25, 0.3) is 0 Å². The van der Waals surface area contributed by atoms with Crippen molar-refractivity contribution in [2.45, 2.75) is 26.3 Å². The molecular formula is C19H30BrFN4O. The summed E-state index contributed by atoms with van der Waals surface area (Å²) in [5.74, 6) is 0.769. The maximum atomic E-state index is 13.7. The molecule has 1 aliphatic rings. The van der Waals surface area contributed by atoms with Gasteiger partial charge in [-0.2, -0.15) is 0 Å². The van der Waals surface area contributed by atoms with E-state index in [0.29, 0.717) is 4.47 Å². The third kappa shape index (κ3) is 6.85. The largest absolute Gasteiger partial charge is 0.382 e. The molecule has 1 heterocycles. The molecule has 1 aromatic carbocycles. The van der Waals surface area contributed by atoms with Gasteiger partial charge in [-0.05, 0) is 53.4 Å². The molecule has 7 heteroatoms. The Morgan fingerprint density at radius 3 is 2.69 bits per heavy atom. The normalized spacial score (nSPS) is 16.2. The fraction of sp³-hybridized carbons (Fsp3) is 0.632. The van der Waals surface area contributed by atoms with Crippen LogP contribution < -0.4 is 5.32 Å². The lowest BCUT2D eigenvalue weighted by atomic mass is 10.2. The molecule has 1 aromatic rings. The van der Waals surface area contributed by atoms with Crippen LogP contribution in [0.5, 0.6) is 0 Å². The van der Waals surface area contributed by atoms with Gasteiger partial charge in [-0.1, -0.05) is 6.07 Å². The molecule has 1 fully saturated rings. The van der Waals surface area contributed by atoms with E-state index in [0.717, 1.165) is 76.8 Å². The van der Waals surface area contributed by atoms with E-state index in [-0.39, 0.29) is 5.82 Å². The Balaban J connectivity index is 1.71. The molecule has 1 aliphatic heterocycles. The number of hydrogen-bond acceptors (Lipinski definition) is 3. The van der Waals surface area contributed by atoms with E-state index in [1.165, 1.54) is 0 Å². The number of unbranched alkanes of at least 4 members (excludes halogenated alkanes) is 1. The van der Waals surface area contributed by atoms with Gasteiger partial charge in [-0.25, -0.2) is 4.39 Å². The minimum atomic E-state index is -0.199. The zero-order valence-electron chi connectivity index (χ0n) is 15.8. The summed E-state index contributed by atoms with van der Waals surface area (Å²) in [5, 5.41) is 3.44. The maximum absolute atomic E-state index is 13.7. The van der Waals surface area contributed by atoms with Crippen LogP contribution in [0.25, 0.3) is 0 Å². The van der Waals surface area contributed by atoms with Crippen LogP contribution in [-0.4, -0.2) is 68.7 Å². The highest BCUT2D eigenvalue weighted by Gasteiger charge is 2.19. The van der Waals surface area contributed by atoms with Gasteiger partial charge in [0.2, 0.25) is 0 Å². The molecule has 0 aliphatic carbocycles. The van der Waals surface area contributed by atoms with Gasteiger partial charge < -0.3 is 15.0 Å². The number of piperazine rings is 1. The van der Waals surface area contributed by atoms with E-state index in [4.69, 9.17) is 4.74 Å². The van der Waals surface area contributed by atoms with Crippen molar-refractivity contribution >= 4 is 21.9 Å². The topological polar surface area (TPSA) is 40.1 Å². The Morgan fingerprint density at radius 1 is 1.27 bits per heavy atom. The standard InChI is InChI=1S/C19H30BrFN4O/c1-3-26-13-5-4-8-23-19(22-2)25-11-9-24(10-12-25)15-16-6-7-17(20)18(21)14-16/h6-7,14H,3-5,8-13,15H2,1-2H3,(H,22,23). The molecule has 1 saturated heterocycles. The molecule has 0 amide bonds. The van der Waals surface area contributed by atoms with E-state index in [2.05, 4.69) is 36.0 Å². The molecular weight excluding hydrogens is 399 g/mol. The summed E-state index contributed by atoms with van der Waals surface area (Å²) in [4.78, 5) is 9.05. The Kier molecular flexibility index (Phi) is 9.36. The second-order valence-electron chi connectivity index (χ2n) is 6.39. The van der Waals surface area contributed by atoms with Crippen molar-refractivity contribution in [1.82, 2.24) is 15.1 Å². The second-order valence-corrected chi connectivity index (χ2v) is 7.24. The Bertz CT molecular complexity index is 577. The summed E-state index contributed by atoms with van der Waals surface area (Å²) < 4.78 is 19.5. The van der Waals surface area contributed by atoms with Crippen molar-refractivity contribution < 1.29 is 9.13 Å². The number of nitrogens with one attached hydrogen (secondary N) is 1. The first kappa shape index (κ1) is 21.1. The van der Waals surface area contributed by atoms with Crippen LogP contribution in [0.1, 0.15) is 25.3 Å². The smallest absolute Gasteiger partial charge is 0.193 e. The predicted molar refractivity (Wildman–Crippen MR) is 108 cm³/mol. The Morgan fingerprint density at radius 2 is 2.04 bits per heavy atom. The van der Waals surface area contributed by atoms with Crippen LogP contribution in [0.4, 0.5) is 4.39 Å². The fourth-order valence-corrected chi connectivity index (χ4v) is 3.27. The predicted octanol–water partition coefficient (Wildman–Crippen LogP) is 3.10. The molecule has 0 bridgehead atoms. The highest BCUT2D eigenvalue weighted by Crippen LogP contribution is 2.18. The van der Waals surface area contributed by atoms with Crippen LogP contribution >= 0.6 is 15.9 Å². The number of hydrogen-bond donors (Lipinski definition) is 1. The molecule has 2 rings (SSSR count). The summed E-state index contributed by atoms with van der Waals surface area (Å²) in [6.07, 6.45) is 2.14. The molecule has 0 radical (unpaired) electrons. The lowest BCUT2D eigenvalue weighted by Crippen LogP contribution is -2.52. The van der Waals surface area contributed by atoms with Gasteiger partial charge in [0.15, 0.2) is 5.96 Å². The number of guanidine groups is 1. The highest BCUT2D eigenvalue weighted by molar-refractivity contribution is 9.10. The van der Waals surface area contributed by atoms with Gasteiger partial charge in [-0.3, -0.25) is 9.89 Å². The molecule has 0 aromatic heterocycles. The van der Waals surface area contributed by atoms with Crippen LogP contribution in [0, 0.1) is 5.82 Å². The minimum absolute atomic E-state index is 0.199. The monoisotopic (exact) mass is 428 g/mol. The molecule has 5 nitrogen and oxygen atoms in total. The summed E-state index contributed by atoms with van der Waals surface area (Å²) in [5.41, 5.74) is 1.01. The molecule has 0 spiro atoms. The number of nitrogens with zero attached hydrogens (tertiary/aromatic N) is 3. The Hall–Kier alpha value is -1.18. The summed E-state index contributed by atoms with van der Waals surface area (Å²) in [6, 6.07) is 5.36. The third-order valence-corrected chi connectivity index (χ3v) is 5.12. The first-order valence-electron chi connectivity index (χ1n) is 9.33. The van der Waals surface area contributed by atoms with Gasteiger partial charge in [-0.15, -0.1) is 0 Å². The first-order valence-corrected chi connectivity index (χ1v) is 10.1. The van der Waals surface area contributed by atoms with Gasteiger partial charge in [0.05, 0.1) is 4.47 Å². The molecule has 0 atom stereocenters. The second kappa shape index (κ2) is 11.5. The van der Waals surface area contributed by atoms with E-state index in [9.17, 15) is 4.39 Å². The fourth-order valence-electron chi connectivity index (χ4n) is 3.02. The number of ether oxygens (including phenoxy) is 1. The van der Waals surface area contributed by atoms with Crippen molar-refractivity contribution in [2.24, 2.45) is 4.99 Å². The molecule has 0 unspecified atom stereocenters. The Labute approximate surface area is 164 Å². The minimum Gasteiger partial charge on any atom is -0.382 e. The van der Waals surface area contributed by atoms with Crippen LogP contribution in [0.15, 0.2) is 27.7 Å². The number of benzene rings is 1. The van der Waals surface area contributed by atoms with Crippen molar-refractivity contribution in [1.29, 1.82) is 0 Å². The van der Waals surface area contributed by atoms with Gasteiger partial charge in [0.1, 0.15) is 5.82 Å². The van der Waals surface area contributed by atoms with Gasteiger partial charge >= 0.3 is 0 Å².